The number of hydrogen-bond donors (Lipinski definition) is 2. The van der Waals surface area contributed by atoms with Gasteiger partial charge in [-0.15, -0.1) is 0 Å². The van der Waals surface area contributed by atoms with Crippen LogP contribution in [0.2, 0.25) is 0 Å². The van der Waals surface area contributed by atoms with Crippen LogP contribution >= 0.6 is 0 Å². The second kappa shape index (κ2) is 8.01. The van der Waals surface area contributed by atoms with Gasteiger partial charge in [0.2, 0.25) is 15.9 Å². The van der Waals surface area contributed by atoms with Gasteiger partial charge in [0.25, 0.3) is 0 Å². The monoisotopic (exact) mass is 374 g/mol. The highest BCUT2D eigenvalue weighted by molar-refractivity contribution is 7.89. The van der Waals surface area contributed by atoms with Gasteiger partial charge < -0.3 is 5.32 Å². The van der Waals surface area contributed by atoms with Crippen molar-refractivity contribution in [3.8, 4) is 0 Å². The number of amides is 1. The highest BCUT2D eigenvalue weighted by Crippen LogP contribution is 2.23. The van der Waals surface area contributed by atoms with Crippen molar-refractivity contribution >= 4 is 21.6 Å². The molecule has 0 bridgehead atoms. The van der Waals surface area contributed by atoms with E-state index in [1.807, 2.05) is 31.2 Å². The van der Waals surface area contributed by atoms with Crippen LogP contribution in [0.1, 0.15) is 38.8 Å². The highest BCUT2D eigenvalue weighted by atomic mass is 32.2. The summed E-state index contributed by atoms with van der Waals surface area (Å²) in [6.07, 6.45) is 0.837. The van der Waals surface area contributed by atoms with E-state index in [0.29, 0.717) is 5.69 Å². The van der Waals surface area contributed by atoms with Crippen molar-refractivity contribution in [1.29, 1.82) is 0 Å². The zero-order valence-corrected chi connectivity index (χ0v) is 16.5. The summed E-state index contributed by atoms with van der Waals surface area (Å²) in [5.74, 6) is -0.415. The van der Waals surface area contributed by atoms with E-state index in [1.165, 1.54) is 0 Å². The number of aryl methyl sites for hydroxylation is 1. The molecule has 2 aromatic rings. The van der Waals surface area contributed by atoms with Crippen molar-refractivity contribution in [2.45, 2.75) is 44.4 Å². The van der Waals surface area contributed by atoms with Crippen LogP contribution in [-0.2, 0) is 26.7 Å². The Morgan fingerprint density at radius 1 is 0.962 bits per heavy atom. The molecule has 0 unspecified atom stereocenters. The Kier molecular flexibility index (Phi) is 6.21. The molecule has 0 radical (unpaired) electrons. The van der Waals surface area contributed by atoms with E-state index < -0.39 is 15.9 Å². The van der Waals surface area contributed by atoms with E-state index in [-0.39, 0.29) is 16.9 Å². The van der Waals surface area contributed by atoms with Gasteiger partial charge in [0.1, 0.15) is 0 Å². The molecule has 6 heteroatoms. The molecule has 26 heavy (non-hydrogen) atoms. The number of carbonyl (C=O) groups is 1. The molecular weight excluding hydrogens is 348 g/mol. The number of anilines is 1. The van der Waals surface area contributed by atoms with Gasteiger partial charge in [-0.25, -0.2) is 13.1 Å². The first kappa shape index (κ1) is 20.1. The van der Waals surface area contributed by atoms with E-state index in [2.05, 4.69) is 30.8 Å². The molecule has 1 amide bonds. The van der Waals surface area contributed by atoms with Crippen molar-refractivity contribution in [3.63, 3.8) is 0 Å². The van der Waals surface area contributed by atoms with Gasteiger partial charge in [0.05, 0.1) is 11.4 Å². The minimum absolute atomic E-state index is 0.0332. The van der Waals surface area contributed by atoms with Gasteiger partial charge in [-0.3, -0.25) is 4.79 Å². The third-order valence-corrected chi connectivity index (χ3v) is 5.52. The number of carbonyl (C=O) groups excluding carboxylic acids is 1. The minimum atomic E-state index is -3.71. The van der Waals surface area contributed by atoms with Crippen molar-refractivity contribution < 1.29 is 13.2 Å². The molecule has 2 N–H and O–H groups in total. The van der Waals surface area contributed by atoms with E-state index >= 15 is 0 Å². The smallest absolute Gasteiger partial charge is 0.241 e. The molecule has 5 nitrogen and oxygen atoms in total. The second-order valence-electron chi connectivity index (χ2n) is 7.20. The average molecular weight is 375 g/mol. The maximum Gasteiger partial charge on any atom is 0.241 e. The fourth-order valence-electron chi connectivity index (χ4n) is 2.41. The fraction of sp³-hybridized carbons (Fsp3) is 0.350. The third kappa shape index (κ3) is 5.41. The summed E-state index contributed by atoms with van der Waals surface area (Å²) in [5.41, 5.74) is 2.88. The van der Waals surface area contributed by atoms with Crippen LogP contribution < -0.4 is 10.0 Å². The Balaban J connectivity index is 1.95. The first-order chi connectivity index (χ1) is 12.1. The Morgan fingerprint density at radius 2 is 1.54 bits per heavy atom. The number of benzene rings is 2. The Labute approximate surface area is 155 Å². The predicted octanol–water partition coefficient (Wildman–Crippen LogP) is 3.46. The number of nitrogens with one attached hydrogen (secondary N) is 2. The molecule has 0 atom stereocenters. The standard InChI is InChI=1S/C20H26N2O3S/c1-5-15-6-12-18(13-7-15)26(24,25)21-14-19(23)22-17-10-8-16(9-11-17)20(2,3)4/h6-13,21H,5,14H2,1-4H3,(H,22,23). The van der Waals surface area contributed by atoms with Crippen LogP contribution in [0.5, 0.6) is 0 Å². The van der Waals surface area contributed by atoms with Gasteiger partial charge in [0.15, 0.2) is 0 Å². The third-order valence-electron chi connectivity index (χ3n) is 4.10. The van der Waals surface area contributed by atoms with Crippen LogP contribution in [0.4, 0.5) is 5.69 Å². The van der Waals surface area contributed by atoms with Crippen molar-refractivity contribution in [2.75, 3.05) is 11.9 Å². The van der Waals surface area contributed by atoms with E-state index in [9.17, 15) is 13.2 Å². The Morgan fingerprint density at radius 3 is 2.04 bits per heavy atom. The van der Waals surface area contributed by atoms with Crippen molar-refractivity contribution in [2.24, 2.45) is 0 Å². The van der Waals surface area contributed by atoms with Gasteiger partial charge >= 0.3 is 0 Å². The zero-order chi connectivity index (χ0) is 19.4. The zero-order valence-electron chi connectivity index (χ0n) is 15.7. The summed E-state index contributed by atoms with van der Waals surface area (Å²) in [5, 5.41) is 2.70. The largest absolute Gasteiger partial charge is 0.325 e. The average Bonchev–Trinajstić information content (AvgIpc) is 2.60. The number of hydrogen-bond acceptors (Lipinski definition) is 3. The number of rotatable bonds is 6. The van der Waals surface area contributed by atoms with Crippen LogP contribution in [-0.4, -0.2) is 20.9 Å². The summed E-state index contributed by atoms with van der Waals surface area (Å²) in [6, 6.07) is 14.2. The Hall–Kier alpha value is -2.18. The van der Waals surface area contributed by atoms with E-state index in [1.54, 1.807) is 24.3 Å². The molecule has 0 saturated carbocycles. The lowest BCUT2D eigenvalue weighted by Gasteiger charge is -2.19. The molecule has 140 valence electrons. The van der Waals surface area contributed by atoms with E-state index in [4.69, 9.17) is 0 Å². The molecule has 0 heterocycles. The van der Waals surface area contributed by atoms with Gasteiger partial charge in [-0.05, 0) is 47.2 Å². The summed E-state index contributed by atoms with van der Waals surface area (Å²) >= 11 is 0. The van der Waals surface area contributed by atoms with Gasteiger partial charge in [0, 0.05) is 5.69 Å². The fourth-order valence-corrected chi connectivity index (χ4v) is 3.39. The van der Waals surface area contributed by atoms with Crippen LogP contribution in [0.25, 0.3) is 0 Å². The summed E-state index contributed by atoms with van der Waals surface area (Å²) in [6.45, 7) is 8.02. The first-order valence-corrected chi connectivity index (χ1v) is 10.1. The molecule has 0 aromatic heterocycles. The number of sulfonamides is 1. The molecule has 0 aliphatic rings. The van der Waals surface area contributed by atoms with Crippen LogP contribution in [0.15, 0.2) is 53.4 Å². The van der Waals surface area contributed by atoms with Crippen molar-refractivity contribution in [1.82, 2.24) is 4.72 Å². The maximum absolute atomic E-state index is 12.3. The predicted molar refractivity (Wildman–Crippen MR) is 105 cm³/mol. The highest BCUT2D eigenvalue weighted by Gasteiger charge is 2.16. The molecule has 0 aliphatic heterocycles. The topological polar surface area (TPSA) is 75.3 Å². The van der Waals surface area contributed by atoms with Crippen LogP contribution in [0.3, 0.4) is 0 Å². The molecule has 0 fully saturated rings. The molecule has 2 aromatic carbocycles. The summed E-state index contributed by atoms with van der Waals surface area (Å²) < 4.78 is 26.8. The minimum Gasteiger partial charge on any atom is -0.325 e. The van der Waals surface area contributed by atoms with E-state index in [0.717, 1.165) is 17.5 Å². The second-order valence-corrected chi connectivity index (χ2v) is 8.96. The lowest BCUT2D eigenvalue weighted by atomic mass is 9.87. The Bertz CT molecular complexity index is 849. The quantitative estimate of drug-likeness (QED) is 0.813. The SMILES string of the molecule is CCc1ccc(S(=O)(=O)NCC(=O)Nc2ccc(C(C)(C)C)cc2)cc1. The molecule has 2 rings (SSSR count). The maximum atomic E-state index is 12.3. The lowest BCUT2D eigenvalue weighted by molar-refractivity contribution is -0.115. The summed E-state index contributed by atoms with van der Waals surface area (Å²) in [7, 11) is -3.71. The molecule has 0 aliphatic carbocycles. The van der Waals surface area contributed by atoms with Crippen molar-refractivity contribution in [3.05, 3.63) is 59.7 Å². The van der Waals surface area contributed by atoms with Gasteiger partial charge in [-0.1, -0.05) is 52.0 Å². The molecule has 0 spiro atoms. The first-order valence-electron chi connectivity index (χ1n) is 8.61. The van der Waals surface area contributed by atoms with Crippen LogP contribution in [0, 0.1) is 0 Å². The lowest BCUT2D eigenvalue weighted by Crippen LogP contribution is -2.32. The van der Waals surface area contributed by atoms with Gasteiger partial charge in [-0.2, -0.15) is 0 Å². The summed E-state index contributed by atoms with van der Waals surface area (Å²) in [4.78, 5) is 12.2. The normalized spacial score (nSPS) is 12.0. The molecule has 0 saturated heterocycles. The molecular formula is C20H26N2O3S.